The lowest BCUT2D eigenvalue weighted by molar-refractivity contribution is -0.870. The molecular weight excluding hydrogens is 816 g/mol. The number of benzene rings is 2. The van der Waals surface area contributed by atoms with E-state index in [1.54, 1.807) is 18.2 Å². The lowest BCUT2D eigenvalue weighted by atomic mass is 10.0. The van der Waals surface area contributed by atoms with E-state index in [4.69, 9.17) is 41.7 Å². The molecule has 59 heavy (non-hydrogen) atoms. The van der Waals surface area contributed by atoms with Gasteiger partial charge in [0.25, 0.3) is 0 Å². The molecule has 0 aromatic heterocycles. The van der Waals surface area contributed by atoms with Crippen LogP contribution in [0.15, 0.2) is 42.5 Å². The summed E-state index contributed by atoms with van der Waals surface area (Å²) >= 11 is 12.6. The van der Waals surface area contributed by atoms with Gasteiger partial charge in [0.1, 0.15) is 19.8 Å². The van der Waals surface area contributed by atoms with Gasteiger partial charge in [0, 0.05) is 25.1 Å². The number of likely N-dealkylation sites (N-methyl/N-ethyl adjacent to an activating group) is 1. The molecule has 0 aliphatic heterocycles. The summed E-state index contributed by atoms with van der Waals surface area (Å²) in [4.78, 5) is 48.4. The standard InChI is InChI=1S/C44H70Cl2N3O9P/c1-5-6-7-8-9-10-11-12-13-14-15-16-17-18-19-28-42(51)55-34-37(35-57-59(53,54)56-32-31-49(2,3)4)58-43(52)29-23-30-47-41(50)33-36-24-20-21-27-40(36)48-44-38(45)25-22-26-39(44)46/h20-22,24-27,37,48H,5-19,23,28-35H2,1-4H3,(H-,47,50,53,54)/p+1. The molecule has 2 atom stereocenters. The molecular formula is C44H71Cl2N3O9P+. The van der Waals surface area contributed by atoms with Gasteiger partial charge < -0.3 is 29.5 Å². The quantitative estimate of drug-likeness (QED) is 0.0268. The normalized spacial score (nSPS) is 13.1. The van der Waals surface area contributed by atoms with Crippen LogP contribution in [0.5, 0.6) is 0 Å². The number of halogens is 2. The number of ether oxygens (including phenoxy) is 2. The zero-order valence-corrected chi connectivity index (χ0v) is 38.4. The Morgan fingerprint density at radius 2 is 1.29 bits per heavy atom. The number of esters is 2. The Hall–Kier alpha value is -2.70. The van der Waals surface area contributed by atoms with Gasteiger partial charge in [0.15, 0.2) is 6.10 Å². The number of nitrogens with zero attached hydrogens (tertiary/aromatic N) is 1. The fraction of sp³-hybridized carbons (Fsp3) is 0.659. The highest BCUT2D eigenvalue weighted by atomic mass is 35.5. The Morgan fingerprint density at radius 1 is 0.729 bits per heavy atom. The molecule has 2 rings (SSSR count). The first-order chi connectivity index (χ1) is 28.2. The van der Waals surface area contributed by atoms with Gasteiger partial charge in [-0.05, 0) is 36.6 Å². The summed E-state index contributed by atoms with van der Waals surface area (Å²) < 4.78 is 34.2. The zero-order valence-electron chi connectivity index (χ0n) is 36.0. The third-order valence-electron chi connectivity index (χ3n) is 9.62. The van der Waals surface area contributed by atoms with Crippen molar-refractivity contribution >= 4 is 60.2 Å². The average molecular weight is 888 g/mol. The van der Waals surface area contributed by atoms with E-state index in [0.29, 0.717) is 38.9 Å². The van der Waals surface area contributed by atoms with E-state index in [2.05, 4.69) is 17.6 Å². The maximum absolute atomic E-state index is 12.8. The fourth-order valence-corrected chi connectivity index (χ4v) is 7.38. The first-order valence-electron chi connectivity index (χ1n) is 21.5. The van der Waals surface area contributed by atoms with Gasteiger partial charge in [-0.1, -0.05) is 144 Å². The number of phosphoric ester groups is 1. The van der Waals surface area contributed by atoms with Crippen LogP contribution < -0.4 is 10.6 Å². The van der Waals surface area contributed by atoms with Gasteiger partial charge in [-0.2, -0.15) is 0 Å². The van der Waals surface area contributed by atoms with Crippen LogP contribution in [0.4, 0.5) is 11.4 Å². The first-order valence-corrected chi connectivity index (χ1v) is 23.8. The van der Waals surface area contributed by atoms with Crippen molar-refractivity contribution < 1.29 is 46.8 Å². The predicted octanol–water partition coefficient (Wildman–Crippen LogP) is 10.7. The molecule has 0 bridgehead atoms. The molecule has 0 radical (unpaired) electrons. The van der Waals surface area contributed by atoms with Crippen LogP contribution >= 0.6 is 31.0 Å². The maximum Gasteiger partial charge on any atom is 0.472 e. The maximum atomic E-state index is 12.8. The van der Waals surface area contributed by atoms with E-state index in [0.717, 1.165) is 24.8 Å². The molecule has 0 saturated heterocycles. The van der Waals surface area contributed by atoms with Crippen LogP contribution in [-0.2, 0) is 43.9 Å². The summed E-state index contributed by atoms with van der Waals surface area (Å²) in [6.07, 6.45) is 17.7. The Morgan fingerprint density at radius 3 is 1.88 bits per heavy atom. The van der Waals surface area contributed by atoms with E-state index in [-0.39, 0.29) is 51.3 Å². The lowest BCUT2D eigenvalue weighted by Crippen LogP contribution is -2.37. The summed E-state index contributed by atoms with van der Waals surface area (Å²) in [5, 5.41) is 6.91. The predicted molar refractivity (Wildman–Crippen MR) is 237 cm³/mol. The number of anilines is 2. The van der Waals surface area contributed by atoms with E-state index in [9.17, 15) is 23.8 Å². The Bertz CT molecular complexity index is 1540. The molecule has 0 aliphatic carbocycles. The minimum absolute atomic E-state index is 0.0283. The van der Waals surface area contributed by atoms with Crippen LogP contribution in [0.1, 0.15) is 128 Å². The van der Waals surface area contributed by atoms with Crippen molar-refractivity contribution in [3.05, 3.63) is 58.1 Å². The largest absolute Gasteiger partial charge is 0.472 e. The summed E-state index contributed by atoms with van der Waals surface area (Å²) in [5.74, 6) is -1.34. The van der Waals surface area contributed by atoms with Gasteiger partial charge in [-0.3, -0.25) is 23.4 Å². The van der Waals surface area contributed by atoms with Crippen molar-refractivity contribution in [2.45, 2.75) is 135 Å². The minimum atomic E-state index is -4.47. The number of phosphoric acid groups is 1. The van der Waals surface area contributed by atoms with E-state index < -0.39 is 32.5 Å². The van der Waals surface area contributed by atoms with E-state index in [1.165, 1.54) is 70.6 Å². The van der Waals surface area contributed by atoms with Gasteiger partial charge in [0.05, 0.1) is 49.9 Å². The number of unbranched alkanes of at least 4 members (excludes halogenated alkanes) is 14. The SMILES string of the molecule is CCCCCCCCCCCCCCCCCC(=O)OCC(COP(=O)(O)OCC[N+](C)(C)C)OC(=O)CCCNC(=O)Cc1ccccc1Nc1c(Cl)cccc1Cl. The van der Waals surface area contributed by atoms with Crippen molar-refractivity contribution in [1.29, 1.82) is 0 Å². The highest BCUT2D eigenvalue weighted by Crippen LogP contribution is 2.43. The summed E-state index contributed by atoms with van der Waals surface area (Å²) in [7, 11) is 1.27. The molecule has 334 valence electrons. The Kier molecular flexibility index (Phi) is 27.0. The molecule has 1 amide bonds. The number of nitrogens with one attached hydrogen (secondary N) is 2. The van der Waals surface area contributed by atoms with Crippen molar-refractivity contribution in [2.24, 2.45) is 0 Å². The molecule has 0 fully saturated rings. The van der Waals surface area contributed by atoms with Gasteiger partial charge in [-0.15, -0.1) is 0 Å². The highest BCUT2D eigenvalue weighted by Gasteiger charge is 2.27. The van der Waals surface area contributed by atoms with Crippen LogP contribution in [0.3, 0.4) is 0 Å². The smallest absolute Gasteiger partial charge is 0.462 e. The van der Waals surface area contributed by atoms with Crippen molar-refractivity contribution in [3.63, 3.8) is 0 Å². The summed E-state index contributed by atoms with van der Waals surface area (Å²) in [6, 6.07) is 12.5. The number of amides is 1. The van der Waals surface area contributed by atoms with Gasteiger partial charge >= 0.3 is 19.8 Å². The monoisotopic (exact) mass is 886 g/mol. The average Bonchev–Trinajstić information content (AvgIpc) is 3.17. The molecule has 0 spiro atoms. The molecule has 3 N–H and O–H groups in total. The molecule has 0 heterocycles. The minimum Gasteiger partial charge on any atom is -0.462 e. The second-order valence-corrected chi connectivity index (χ2v) is 18.4. The summed E-state index contributed by atoms with van der Waals surface area (Å²) in [6.45, 7) is 2.02. The number of hydrogen-bond acceptors (Lipinski definition) is 9. The molecule has 12 nitrogen and oxygen atoms in total. The number of rotatable bonds is 34. The Labute approximate surface area is 363 Å². The third-order valence-corrected chi connectivity index (χ3v) is 11.2. The van der Waals surface area contributed by atoms with Crippen LogP contribution in [0, 0.1) is 0 Å². The number of para-hydroxylation sites is 2. The number of quaternary nitrogens is 1. The highest BCUT2D eigenvalue weighted by molar-refractivity contribution is 7.47. The number of hydrogen-bond donors (Lipinski definition) is 3. The summed E-state index contributed by atoms with van der Waals surface area (Å²) in [5.41, 5.74) is 1.94. The van der Waals surface area contributed by atoms with Crippen molar-refractivity contribution in [1.82, 2.24) is 5.32 Å². The lowest BCUT2D eigenvalue weighted by Gasteiger charge is -2.24. The molecule has 2 aromatic rings. The molecule has 2 aromatic carbocycles. The molecule has 0 aliphatic rings. The second kappa shape index (κ2) is 30.3. The third kappa shape index (κ3) is 26.3. The van der Waals surface area contributed by atoms with Crippen molar-refractivity contribution in [2.75, 3.05) is 59.4 Å². The fourth-order valence-electron chi connectivity index (χ4n) is 6.15. The Balaban J connectivity index is 1.75. The van der Waals surface area contributed by atoms with Crippen LogP contribution in [-0.4, -0.2) is 87.4 Å². The van der Waals surface area contributed by atoms with E-state index in [1.807, 2.05) is 45.4 Å². The van der Waals surface area contributed by atoms with Crippen LogP contribution in [0.25, 0.3) is 0 Å². The molecule has 15 heteroatoms. The van der Waals surface area contributed by atoms with Crippen molar-refractivity contribution in [3.8, 4) is 0 Å². The topological polar surface area (TPSA) is 149 Å². The number of carbonyl (C=O) groups excluding carboxylic acids is 3. The first kappa shape index (κ1) is 52.4. The van der Waals surface area contributed by atoms with Gasteiger partial charge in [0.2, 0.25) is 5.91 Å². The van der Waals surface area contributed by atoms with Gasteiger partial charge in [-0.25, -0.2) is 4.57 Å². The second-order valence-electron chi connectivity index (χ2n) is 16.1. The zero-order chi connectivity index (χ0) is 43.4. The van der Waals surface area contributed by atoms with E-state index >= 15 is 0 Å². The number of carbonyl (C=O) groups is 3. The molecule has 0 saturated carbocycles. The van der Waals surface area contributed by atoms with Crippen LogP contribution in [0.2, 0.25) is 10.0 Å². The molecule has 2 unspecified atom stereocenters.